The summed E-state index contributed by atoms with van der Waals surface area (Å²) in [5, 5.41) is 9.52. The normalized spacial score (nSPS) is 10.2. The predicted octanol–water partition coefficient (Wildman–Crippen LogP) is 2.78. The Morgan fingerprint density at radius 2 is 1.92 bits per heavy atom. The Morgan fingerprint density at radius 3 is 2.46 bits per heavy atom. The van der Waals surface area contributed by atoms with E-state index >= 15 is 0 Å². The van der Waals surface area contributed by atoms with Gasteiger partial charge in [-0.1, -0.05) is 15.9 Å². The van der Waals surface area contributed by atoms with E-state index in [1.165, 1.54) is 11.3 Å². The third-order valence-corrected chi connectivity index (χ3v) is 2.92. The van der Waals surface area contributed by atoms with Crippen molar-refractivity contribution in [1.82, 2.24) is 4.57 Å². The van der Waals surface area contributed by atoms with Gasteiger partial charge in [-0.2, -0.15) is 0 Å². The smallest absolute Gasteiger partial charge is 0.186 e. The fourth-order valence-electron chi connectivity index (χ4n) is 1.09. The summed E-state index contributed by atoms with van der Waals surface area (Å²) < 4.78 is 2.90. The molecule has 0 saturated heterocycles. The van der Waals surface area contributed by atoms with E-state index in [-0.39, 0.29) is 0 Å². The number of thiazole rings is 1. The molecule has 0 unspecified atom stereocenters. The fourth-order valence-corrected chi connectivity index (χ4v) is 1.94. The molecule has 4 heteroatoms. The van der Waals surface area contributed by atoms with Gasteiger partial charge in [-0.15, -0.1) is 11.3 Å². The lowest BCUT2D eigenvalue weighted by Crippen LogP contribution is -2.08. The molecular formula is C9H7BrN2S. The Balaban J connectivity index is 2.54. The molecule has 1 heterocycles. The number of hydrogen-bond acceptors (Lipinski definition) is 2. The molecule has 0 bridgehead atoms. The molecule has 0 aliphatic carbocycles. The third kappa shape index (κ3) is 1.73. The van der Waals surface area contributed by atoms with E-state index in [1.54, 1.807) is 0 Å². The van der Waals surface area contributed by atoms with Gasteiger partial charge in [0.2, 0.25) is 0 Å². The predicted molar refractivity (Wildman–Crippen MR) is 57.2 cm³/mol. The van der Waals surface area contributed by atoms with Crippen molar-refractivity contribution in [1.29, 1.82) is 5.41 Å². The highest BCUT2D eigenvalue weighted by Crippen LogP contribution is 2.12. The number of hydrogen-bond donors (Lipinski definition) is 1. The standard InChI is InChI=1S/C9H7BrN2S/c10-7-1-3-8(4-2-7)12-5-6-13-9(12)11/h1-6,11H. The molecule has 0 aliphatic rings. The maximum atomic E-state index is 7.61. The SMILES string of the molecule is N=c1sccn1-c1ccc(Br)cc1. The van der Waals surface area contributed by atoms with Crippen LogP contribution in [-0.4, -0.2) is 4.57 Å². The maximum absolute atomic E-state index is 7.61. The van der Waals surface area contributed by atoms with Crippen LogP contribution in [0.1, 0.15) is 0 Å². The Labute approximate surface area is 88.1 Å². The second kappa shape index (κ2) is 3.47. The summed E-state index contributed by atoms with van der Waals surface area (Å²) >= 11 is 4.80. The third-order valence-electron chi connectivity index (χ3n) is 1.71. The van der Waals surface area contributed by atoms with Crippen molar-refractivity contribution >= 4 is 27.3 Å². The van der Waals surface area contributed by atoms with E-state index in [4.69, 9.17) is 5.41 Å². The Bertz CT molecular complexity index is 455. The van der Waals surface area contributed by atoms with Crippen LogP contribution < -0.4 is 4.80 Å². The molecular weight excluding hydrogens is 248 g/mol. The van der Waals surface area contributed by atoms with E-state index in [0.29, 0.717) is 4.80 Å². The molecule has 1 N–H and O–H groups in total. The summed E-state index contributed by atoms with van der Waals surface area (Å²) in [6.45, 7) is 0. The van der Waals surface area contributed by atoms with Gasteiger partial charge in [-0.25, -0.2) is 0 Å². The Morgan fingerprint density at radius 1 is 1.23 bits per heavy atom. The van der Waals surface area contributed by atoms with E-state index in [0.717, 1.165) is 10.2 Å². The van der Waals surface area contributed by atoms with Crippen molar-refractivity contribution in [3.8, 4) is 5.69 Å². The number of halogens is 1. The molecule has 2 aromatic rings. The second-order valence-corrected chi connectivity index (χ2v) is 4.36. The molecule has 0 atom stereocenters. The van der Waals surface area contributed by atoms with Crippen molar-refractivity contribution in [3.63, 3.8) is 0 Å². The number of nitrogens with zero attached hydrogens (tertiary/aromatic N) is 1. The molecule has 1 aromatic heterocycles. The number of benzene rings is 1. The van der Waals surface area contributed by atoms with Crippen molar-refractivity contribution in [2.24, 2.45) is 0 Å². The molecule has 0 spiro atoms. The number of aromatic nitrogens is 1. The van der Waals surface area contributed by atoms with Crippen molar-refractivity contribution < 1.29 is 0 Å². The molecule has 0 radical (unpaired) electrons. The first-order valence-electron chi connectivity index (χ1n) is 3.74. The average Bonchev–Trinajstić information content (AvgIpc) is 2.53. The van der Waals surface area contributed by atoms with Crippen LogP contribution in [0.2, 0.25) is 0 Å². The van der Waals surface area contributed by atoms with Crippen molar-refractivity contribution in [3.05, 3.63) is 45.1 Å². The van der Waals surface area contributed by atoms with Gasteiger partial charge in [0.25, 0.3) is 0 Å². The van der Waals surface area contributed by atoms with Crippen LogP contribution in [0, 0.1) is 5.41 Å². The highest BCUT2D eigenvalue weighted by Gasteiger charge is 1.96. The average molecular weight is 255 g/mol. The molecule has 66 valence electrons. The zero-order valence-corrected chi connectivity index (χ0v) is 9.10. The molecule has 0 saturated carbocycles. The Kier molecular flexibility index (Phi) is 2.33. The van der Waals surface area contributed by atoms with Crippen LogP contribution in [0.15, 0.2) is 40.3 Å². The van der Waals surface area contributed by atoms with E-state index in [1.807, 2.05) is 40.4 Å². The van der Waals surface area contributed by atoms with Gasteiger partial charge in [0.15, 0.2) is 4.80 Å². The molecule has 13 heavy (non-hydrogen) atoms. The second-order valence-electron chi connectivity index (χ2n) is 2.55. The van der Waals surface area contributed by atoms with Crippen LogP contribution in [0.3, 0.4) is 0 Å². The van der Waals surface area contributed by atoms with E-state index in [9.17, 15) is 0 Å². The zero-order valence-electron chi connectivity index (χ0n) is 6.70. The van der Waals surface area contributed by atoms with Crippen LogP contribution >= 0.6 is 27.3 Å². The Hall–Kier alpha value is -0.870. The first kappa shape index (κ1) is 8.72. The number of nitrogens with one attached hydrogen (secondary N) is 1. The van der Waals surface area contributed by atoms with E-state index in [2.05, 4.69) is 15.9 Å². The lowest BCUT2D eigenvalue weighted by Gasteiger charge is -2.00. The zero-order chi connectivity index (χ0) is 9.26. The van der Waals surface area contributed by atoms with Crippen LogP contribution in [-0.2, 0) is 0 Å². The van der Waals surface area contributed by atoms with Gasteiger partial charge < -0.3 is 0 Å². The highest BCUT2D eigenvalue weighted by atomic mass is 79.9. The fraction of sp³-hybridized carbons (Fsp3) is 0. The maximum Gasteiger partial charge on any atom is 0.186 e. The molecule has 1 aromatic carbocycles. The summed E-state index contributed by atoms with van der Waals surface area (Å²) in [6.07, 6.45) is 1.90. The first-order chi connectivity index (χ1) is 6.27. The largest absolute Gasteiger partial charge is 0.293 e. The van der Waals surface area contributed by atoms with Gasteiger partial charge in [0.1, 0.15) is 0 Å². The van der Waals surface area contributed by atoms with Gasteiger partial charge in [-0.05, 0) is 24.3 Å². The molecule has 2 rings (SSSR count). The minimum absolute atomic E-state index is 0.544. The number of rotatable bonds is 1. The van der Waals surface area contributed by atoms with Crippen molar-refractivity contribution in [2.75, 3.05) is 0 Å². The monoisotopic (exact) mass is 254 g/mol. The summed E-state index contributed by atoms with van der Waals surface area (Å²) in [5.74, 6) is 0. The molecule has 2 nitrogen and oxygen atoms in total. The molecule has 0 aliphatic heterocycles. The van der Waals surface area contributed by atoms with Crippen molar-refractivity contribution in [2.45, 2.75) is 0 Å². The van der Waals surface area contributed by atoms with Crippen LogP contribution in [0.25, 0.3) is 5.69 Å². The molecule has 0 amide bonds. The highest BCUT2D eigenvalue weighted by molar-refractivity contribution is 9.10. The van der Waals surface area contributed by atoms with Crippen LogP contribution in [0.5, 0.6) is 0 Å². The first-order valence-corrected chi connectivity index (χ1v) is 5.41. The minimum Gasteiger partial charge on any atom is -0.293 e. The quantitative estimate of drug-likeness (QED) is 0.811. The van der Waals surface area contributed by atoms with Gasteiger partial charge in [0.05, 0.1) is 0 Å². The van der Waals surface area contributed by atoms with Gasteiger partial charge in [0, 0.05) is 21.7 Å². The lowest BCUT2D eigenvalue weighted by atomic mass is 10.3. The van der Waals surface area contributed by atoms with E-state index < -0.39 is 0 Å². The molecule has 0 fully saturated rings. The van der Waals surface area contributed by atoms with Gasteiger partial charge >= 0.3 is 0 Å². The summed E-state index contributed by atoms with van der Waals surface area (Å²) in [6, 6.07) is 7.91. The minimum atomic E-state index is 0.544. The lowest BCUT2D eigenvalue weighted by molar-refractivity contribution is 0.979. The topological polar surface area (TPSA) is 28.8 Å². The van der Waals surface area contributed by atoms with Gasteiger partial charge in [-0.3, -0.25) is 9.98 Å². The summed E-state index contributed by atoms with van der Waals surface area (Å²) in [7, 11) is 0. The summed E-state index contributed by atoms with van der Waals surface area (Å²) in [5.41, 5.74) is 1.02. The summed E-state index contributed by atoms with van der Waals surface area (Å²) in [4.78, 5) is 0.544. The van der Waals surface area contributed by atoms with Crippen LogP contribution in [0.4, 0.5) is 0 Å².